The van der Waals surface area contributed by atoms with Gasteiger partial charge in [0.25, 0.3) is 5.91 Å². The van der Waals surface area contributed by atoms with Crippen LogP contribution in [0.2, 0.25) is 5.02 Å². The van der Waals surface area contributed by atoms with Crippen molar-refractivity contribution in [1.82, 2.24) is 24.9 Å². The van der Waals surface area contributed by atoms with Crippen LogP contribution < -0.4 is 24.8 Å². The predicted molar refractivity (Wildman–Crippen MR) is 216 cm³/mol. The van der Waals surface area contributed by atoms with Crippen molar-refractivity contribution in [3.05, 3.63) is 77.0 Å². The molecule has 13 nitrogen and oxygen atoms in total. The highest BCUT2D eigenvalue weighted by atomic mass is 35.5. The SMILES string of the molecule is C=C[C@@H]1C[C@]1(NC(=O)[C@@H]1C[C@@H](Oc2ncc(OC)c3ccc(Cl)cc23)CN1C(=O)[C@@H](Nc1nc(-c2cccc(C(F)(F)F)c2F)cs1)C(C)(C)C)C(=O)NS(=O)(=O)C1CC1. The molecule has 3 heterocycles. The lowest BCUT2D eigenvalue weighted by atomic mass is 9.85. The summed E-state index contributed by atoms with van der Waals surface area (Å²) in [6, 6.07) is 5.53. The van der Waals surface area contributed by atoms with E-state index in [4.69, 9.17) is 21.1 Å². The van der Waals surface area contributed by atoms with Gasteiger partial charge in [-0.1, -0.05) is 44.5 Å². The lowest BCUT2D eigenvalue weighted by Crippen LogP contribution is -2.58. The first-order valence-electron chi connectivity index (χ1n) is 18.8. The minimum absolute atomic E-state index is 0.0718. The monoisotopic (exact) mass is 892 g/mol. The fraction of sp³-hybridized carbons (Fsp3) is 0.425. The van der Waals surface area contributed by atoms with Gasteiger partial charge in [-0.15, -0.1) is 17.9 Å². The van der Waals surface area contributed by atoms with Gasteiger partial charge in [-0.3, -0.25) is 19.1 Å². The molecule has 3 aliphatic rings. The quantitative estimate of drug-likeness (QED) is 0.0968. The van der Waals surface area contributed by atoms with Crippen molar-refractivity contribution in [3.63, 3.8) is 0 Å². The number of fused-ring (bicyclic) bond motifs is 1. The smallest absolute Gasteiger partial charge is 0.419 e. The molecule has 2 aliphatic carbocycles. The van der Waals surface area contributed by atoms with Gasteiger partial charge in [0.05, 0.1) is 36.4 Å². The Balaban J connectivity index is 1.20. The molecule has 7 rings (SSSR count). The number of carbonyl (C=O) groups is 3. The molecule has 1 saturated heterocycles. The molecule has 3 amide bonds. The number of hydrogen-bond acceptors (Lipinski definition) is 11. The molecule has 0 radical (unpaired) electrons. The number of nitrogens with zero attached hydrogens (tertiary/aromatic N) is 3. The number of methoxy groups -OCH3 is 1. The van der Waals surface area contributed by atoms with Crippen LogP contribution in [0.25, 0.3) is 22.0 Å². The van der Waals surface area contributed by atoms with Crippen molar-refractivity contribution in [2.75, 3.05) is 19.0 Å². The number of likely N-dealkylation sites (tertiary alicyclic amines) is 1. The molecule has 20 heteroatoms. The van der Waals surface area contributed by atoms with Gasteiger partial charge >= 0.3 is 6.18 Å². The van der Waals surface area contributed by atoms with Crippen molar-refractivity contribution in [2.24, 2.45) is 11.3 Å². The first-order valence-corrected chi connectivity index (χ1v) is 21.7. The van der Waals surface area contributed by atoms with Gasteiger partial charge in [-0.25, -0.2) is 22.8 Å². The van der Waals surface area contributed by atoms with Crippen molar-refractivity contribution < 1.29 is 49.8 Å². The number of hydrogen-bond donors (Lipinski definition) is 3. The Hall–Kier alpha value is -5.01. The molecule has 0 spiro atoms. The molecule has 1 aliphatic heterocycles. The molecular formula is C40H41ClF4N6O7S2. The molecule has 0 bridgehead atoms. The zero-order valence-corrected chi connectivity index (χ0v) is 35.1. The van der Waals surface area contributed by atoms with E-state index in [0.29, 0.717) is 40.5 Å². The number of benzene rings is 2. The van der Waals surface area contributed by atoms with Gasteiger partial charge in [0, 0.05) is 39.1 Å². The molecule has 60 heavy (non-hydrogen) atoms. The van der Waals surface area contributed by atoms with Crippen LogP contribution in [0.15, 0.2) is 60.6 Å². The Morgan fingerprint density at radius 1 is 1.13 bits per heavy atom. The maximum Gasteiger partial charge on any atom is 0.419 e. The zero-order valence-electron chi connectivity index (χ0n) is 32.7. The summed E-state index contributed by atoms with van der Waals surface area (Å²) in [7, 11) is -2.49. The average Bonchev–Trinajstić information content (AvgIpc) is 4.07. The van der Waals surface area contributed by atoms with E-state index in [1.807, 2.05) is 0 Å². The Morgan fingerprint density at radius 3 is 2.50 bits per heavy atom. The van der Waals surface area contributed by atoms with E-state index in [1.165, 1.54) is 35.7 Å². The number of carbonyl (C=O) groups excluding carboxylic acids is 3. The topological polar surface area (TPSA) is 169 Å². The van der Waals surface area contributed by atoms with Crippen LogP contribution in [0, 0.1) is 17.2 Å². The lowest BCUT2D eigenvalue weighted by Gasteiger charge is -2.35. The van der Waals surface area contributed by atoms with Gasteiger partial charge in [0.2, 0.25) is 27.7 Å². The molecule has 4 aromatic rings. The van der Waals surface area contributed by atoms with Crippen LogP contribution in [0.5, 0.6) is 11.6 Å². The number of rotatable bonds is 13. The molecular weight excluding hydrogens is 852 g/mol. The highest BCUT2D eigenvalue weighted by Gasteiger charge is 2.62. The van der Waals surface area contributed by atoms with E-state index in [9.17, 15) is 36.0 Å². The molecule has 3 N–H and O–H groups in total. The summed E-state index contributed by atoms with van der Waals surface area (Å²) in [5, 5.41) is 8.09. The Kier molecular flexibility index (Phi) is 11.3. The highest BCUT2D eigenvalue weighted by molar-refractivity contribution is 7.91. The van der Waals surface area contributed by atoms with Crippen molar-refractivity contribution in [3.8, 4) is 22.9 Å². The van der Waals surface area contributed by atoms with Crippen molar-refractivity contribution in [2.45, 2.75) is 81.6 Å². The van der Waals surface area contributed by atoms with Gasteiger partial charge in [-0.05, 0) is 55.0 Å². The minimum Gasteiger partial charge on any atom is -0.494 e. The summed E-state index contributed by atoms with van der Waals surface area (Å²) in [6.45, 7) is 8.84. The molecule has 5 atom stereocenters. The maximum atomic E-state index is 15.1. The third-order valence-corrected chi connectivity index (χ3v) is 13.7. The summed E-state index contributed by atoms with van der Waals surface area (Å²) < 4.78 is 95.1. The standard InChI is InChI=1S/C40H41ClF4N6O7S2/c1-6-20-16-39(20,36(54)50-60(55,56)23-11-12-23)49-33(52)29-15-22(58-34-26-14-21(41)10-13-24(26)30(57-5)17-46-34)18-51(29)35(53)32(38(2,3)4)48-37-47-28(19-59-37)25-8-7-9-27(31(25)42)40(43,44)45/h6-10,13-14,17,19-20,22-23,29,32H,1,11-12,15-16,18H2,2-5H3,(H,47,48)(H,49,52)(H,50,54)/t20-,22-,29+,32-,39-/m1/s1. The number of anilines is 1. The maximum absolute atomic E-state index is 15.1. The molecule has 0 unspecified atom stereocenters. The third kappa shape index (κ3) is 8.48. The second-order valence-electron chi connectivity index (χ2n) is 16.1. The average molecular weight is 893 g/mol. The van der Waals surface area contributed by atoms with E-state index in [-0.39, 0.29) is 41.7 Å². The number of sulfonamides is 1. The van der Waals surface area contributed by atoms with Crippen LogP contribution in [0.3, 0.4) is 0 Å². The number of amides is 3. The number of halogens is 5. The van der Waals surface area contributed by atoms with E-state index < -0.39 is 85.6 Å². The summed E-state index contributed by atoms with van der Waals surface area (Å²) >= 11 is 7.28. The van der Waals surface area contributed by atoms with E-state index in [2.05, 4.69) is 31.9 Å². The normalized spacial score (nSPS) is 22.2. The number of pyridine rings is 1. The first kappa shape index (κ1) is 43.1. The van der Waals surface area contributed by atoms with Gasteiger partial charge in [-0.2, -0.15) is 13.2 Å². The number of ether oxygens (including phenoxy) is 2. The zero-order chi connectivity index (χ0) is 43.5. The number of alkyl halides is 3. The largest absolute Gasteiger partial charge is 0.494 e. The van der Waals surface area contributed by atoms with Crippen LogP contribution in [-0.2, 0) is 30.6 Å². The second-order valence-corrected chi connectivity index (χ2v) is 19.4. The fourth-order valence-electron chi connectivity index (χ4n) is 7.32. The van der Waals surface area contributed by atoms with Crippen LogP contribution >= 0.6 is 22.9 Å². The molecule has 320 valence electrons. The number of thiazole rings is 1. The molecule has 2 aromatic carbocycles. The number of nitrogens with one attached hydrogen (secondary N) is 3. The summed E-state index contributed by atoms with van der Waals surface area (Å²) in [4.78, 5) is 52.9. The van der Waals surface area contributed by atoms with Gasteiger partial charge in [0.1, 0.15) is 35.3 Å². The fourth-order valence-corrected chi connectivity index (χ4v) is 9.60. The molecule has 2 saturated carbocycles. The van der Waals surface area contributed by atoms with Gasteiger partial charge < -0.3 is 25.0 Å². The highest BCUT2D eigenvalue weighted by Crippen LogP contribution is 2.46. The summed E-state index contributed by atoms with van der Waals surface area (Å²) in [6.07, 6.45) is -2.07. The van der Waals surface area contributed by atoms with E-state index in [1.54, 1.807) is 39.0 Å². The first-order chi connectivity index (χ1) is 28.2. The Bertz CT molecular complexity index is 2490. The number of aromatic nitrogens is 2. The van der Waals surface area contributed by atoms with Gasteiger partial charge in [0.15, 0.2) is 5.13 Å². The summed E-state index contributed by atoms with van der Waals surface area (Å²) in [5.41, 5.74) is -4.46. The van der Waals surface area contributed by atoms with E-state index >= 15 is 4.39 Å². The molecule has 2 aromatic heterocycles. The molecule has 3 fully saturated rings. The second kappa shape index (κ2) is 15.8. The Morgan fingerprint density at radius 2 is 1.87 bits per heavy atom. The van der Waals surface area contributed by atoms with Crippen LogP contribution in [0.1, 0.15) is 52.0 Å². The third-order valence-electron chi connectivity index (χ3n) is 10.8. The van der Waals surface area contributed by atoms with Crippen molar-refractivity contribution in [1.29, 1.82) is 0 Å². The minimum atomic E-state index is -4.94. The lowest BCUT2D eigenvalue weighted by molar-refractivity contribution is -0.141. The van der Waals surface area contributed by atoms with Crippen LogP contribution in [-0.4, -0.2) is 83.6 Å². The van der Waals surface area contributed by atoms with E-state index in [0.717, 1.165) is 17.4 Å². The summed E-state index contributed by atoms with van der Waals surface area (Å²) in [5.74, 6) is -3.76. The predicted octanol–water partition coefficient (Wildman–Crippen LogP) is 6.72. The van der Waals surface area contributed by atoms with Crippen LogP contribution in [0.4, 0.5) is 22.7 Å². The van der Waals surface area contributed by atoms with Crippen molar-refractivity contribution >= 4 is 66.6 Å². The Labute approximate surface area is 351 Å².